The van der Waals surface area contributed by atoms with Crippen LogP contribution < -0.4 is 4.52 Å². The third-order valence-corrected chi connectivity index (χ3v) is 6.17. The van der Waals surface area contributed by atoms with Crippen molar-refractivity contribution in [2.75, 3.05) is 13.2 Å². The fourth-order valence-electron chi connectivity index (χ4n) is 3.30. The third kappa shape index (κ3) is 5.18. The summed E-state index contributed by atoms with van der Waals surface area (Å²) in [5.41, 5.74) is 3.81. The molecule has 1 saturated heterocycles. The highest BCUT2D eigenvalue weighted by Gasteiger charge is 2.37. The van der Waals surface area contributed by atoms with E-state index >= 15 is 0 Å². The molecule has 25 heavy (non-hydrogen) atoms. The average Bonchev–Trinajstić information content (AvgIpc) is 2.55. The van der Waals surface area contributed by atoms with Crippen molar-refractivity contribution in [2.24, 2.45) is 5.41 Å². The second-order valence-corrected chi connectivity index (χ2v) is 9.67. The molecule has 0 N–H and O–H groups in total. The van der Waals surface area contributed by atoms with Gasteiger partial charge in [-0.3, -0.25) is 0 Å². The van der Waals surface area contributed by atoms with Crippen LogP contribution in [0.5, 0.6) is 5.75 Å². The maximum absolute atomic E-state index is 6.26. The van der Waals surface area contributed by atoms with E-state index in [1.807, 2.05) is 0 Å². The number of aryl methyl sites for hydroxylation is 2. The van der Waals surface area contributed by atoms with Gasteiger partial charge in [0.2, 0.25) is 0 Å². The molecular formula is C21H35O3P. The molecule has 0 amide bonds. The quantitative estimate of drug-likeness (QED) is 0.516. The SMILES string of the molecule is CCCCC1(CC)COP(Oc2c(C)cc(C)cc2C(C)(C)C)OC1. The summed E-state index contributed by atoms with van der Waals surface area (Å²) in [7, 11) is -1.32. The first kappa shape index (κ1) is 20.7. The predicted molar refractivity (Wildman–Crippen MR) is 106 cm³/mol. The lowest BCUT2D eigenvalue weighted by Gasteiger charge is -2.38. The van der Waals surface area contributed by atoms with Crippen LogP contribution in [0, 0.1) is 19.3 Å². The van der Waals surface area contributed by atoms with Gasteiger partial charge >= 0.3 is 8.60 Å². The maximum atomic E-state index is 6.26. The number of rotatable bonds is 6. The Kier molecular flexibility index (Phi) is 6.93. The van der Waals surface area contributed by atoms with Crippen LogP contribution in [0.1, 0.15) is 77.0 Å². The summed E-state index contributed by atoms with van der Waals surface area (Å²) in [6.07, 6.45) is 4.70. The largest absolute Gasteiger partial charge is 0.426 e. The first-order valence-electron chi connectivity index (χ1n) is 9.56. The molecule has 4 heteroatoms. The van der Waals surface area contributed by atoms with E-state index in [9.17, 15) is 0 Å². The fourth-order valence-corrected chi connectivity index (χ4v) is 4.62. The van der Waals surface area contributed by atoms with E-state index < -0.39 is 8.60 Å². The molecule has 1 aromatic carbocycles. The highest BCUT2D eigenvalue weighted by Crippen LogP contribution is 2.51. The summed E-state index contributed by atoms with van der Waals surface area (Å²) >= 11 is 0. The van der Waals surface area contributed by atoms with Crippen LogP contribution in [0.25, 0.3) is 0 Å². The molecule has 0 bridgehead atoms. The normalized spacial score (nSPS) is 24.4. The Morgan fingerprint density at radius 2 is 1.76 bits per heavy atom. The van der Waals surface area contributed by atoms with Gasteiger partial charge in [-0.2, -0.15) is 0 Å². The Bertz CT molecular complexity index is 569. The minimum absolute atomic E-state index is 0.0194. The molecule has 0 saturated carbocycles. The zero-order chi connectivity index (χ0) is 18.7. The Morgan fingerprint density at radius 3 is 2.28 bits per heavy atom. The third-order valence-electron chi connectivity index (χ3n) is 5.16. The summed E-state index contributed by atoms with van der Waals surface area (Å²) < 4.78 is 18.4. The predicted octanol–water partition coefficient (Wildman–Crippen LogP) is 6.84. The summed E-state index contributed by atoms with van der Waals surface area (Å²) in [5.74, 6) is 0.932. The Morgan fingerprint density at radius 1 is 1.12 bits per heavy atom. The monoisotopic (exact) mass is 366 g/mol. The second-order valence-electron chi connectivity index (χ2n) is 8.53. The standard InChI is InChI=1S/C21H35O3P/c1-8-10-11-21(9-2)14-22-25(23-15-21)24-19-17(4)12-16(3)13-18(19)20(5,6)7/h12-13H,8-11,14-15H2,1-7H3. The van der Waals surface area contributed by atoms with Crippen LogP contribution in [0.3, 0.4) is 0 Å². The van der Waals surface area contributed by atoms with Crippen molar-refractivity contribution in [3.63, 3.8) is 0 Å². The van der Waals surface area contributed by atoms with Crippen LogP contribution in [0.15, 0.2) is 12.1 Å². The van der Waals surface area contributed by atoms with E-state index in [1.54, 1.807) is 0 Å². The summed E-state index contributed by atoms with van der Waals surface area (Å²) in [4.78, 5) is 0. The lowest BCUT2D eigenvalue weighted by molar-refractivity contribution is 0.00791. The molecule has 0 aromatic heterocycles. The van der Waals surface area contributed by atoms with Crippen molar-refractivity contribution in [3.05, 3.63) is 28.8 Å². The molecule has 142 valence electrons. The van der Waals surface area contributed by atoms with E-state index in [0.717, 1.165) is 30.9 Å². The molecule has 1 heterocycles. The van der Waals surface area contributed by atoms with Crippen LogP contribution in [0.4, 0.5) is 0 Å². The molecular weight excluding hydrogens is 331 g/mol. The molecule has 3 nitrogen and oxygen atoms in total. The van der Waals surface area contributed by atoms with Gasteiger partial charge in [0.15, 0.2) is 0 Å². The van der Waals surface area contributed by atoms with Crippen molar-refractivity contribution in [1.82, 2.24) is 0 Å². The van der Waals surface area contributed by atoms with Crippen molar-refractivity contribution >= 4 is 8.60 Å². The number of benzene rings is 1. The van der Waals surface area contributed by atoms with Crippen LogP contribution in [-0.2, 0) is 14.5 Å². The molecule has 0 atom stereocenters. The summed E-state index contributed by atoms with van der Waals surface area (Å²) in [6.45, 7) is 16.8. The summed E-state index contributed by atoms with van der Waals surface area (Å²) in [5, 5.41) is 0. The van der Waals surface area contributed by atoms with Crippen molar-refractivity contribution in [3.8, 4) is 5.75 Å². The molecule has 1 aliphatic rings. The van der Waals surface area contributed by atoms with Gasteiger partial charge in [-0.1, -0.05) is 65.2 Å². The van der Waals surface area contributed by atoms with Gasteiger partial charge in [0, 0.05) is 11.0 Å². The molecule has 0 spiro atoms. The lowest BCUT2D eigenvalue weighted by atomic mass is 9.82. The van der Waals surface area contributed by atoms with E-state index in [1.165, 1.54) is 30.4 Å². The highest BCUT2D eigenvalue weighted by atomic mass is 31.2. The first-order chi connectivity index (χ1) is 11.7. The van der Waals surface area contributed by atoms with Crippen molar-refractivity contribution in [1.29, 1.82) is 0 Å². The second kappa shape index (κ2) is 8.37. The van der Waals surface area contributed by atoms with Crippen LogP contribution >= 0.6 is 8.60 Å². The molecule has 1 aromatic rings. The van der Waals surface area contributed by atoms with E-state index in [2.05, 4.69) is 60.6 Å². The summed E-state index contributed by atoms with van der Waals surface area (Å²) in [6, 6.07) is 4.39. The van der Waals surface area contributed by atoms with Gasteiger partial charge in [0.05, 0.1) is 13.2 Å². The highest BCUT2D eigenvalue weighted by molar-refractivity contribution is 7.42. The van der Waals surface area contributed by atoms with Gasteiger partial charge in [0.25, 0.3) is 0 Å². The molecule has 0 aliphatic carbocycles. The van der Waals surface area contributed by atoms with Crippen LogP contribution in [0.2, 0.25) is 0 Å². The minimum atomic E-state index is -1.32. The number of hydrogen-bond donors (Lipinski definition) is 0. The zero-order valence-corrected chi connectivity index (χ0v) is 18.0. The van der Waals surface area contributed by atoms with E-state index in [-0.39, 0.29) is 10.8 Å². The minimum Gasteiger partial charge on any atom is -0.426 e. The van der Waals surface area contributed by atoms with Gasteiger partial charge in [-0.25, -0.2) is 0 Å². The zero-order valence-electron chi connectivity index (χ0n) is 17.1. The van der Waals surface area contributed by atoms with E-state index in [4.69, 9.17) is 13.6 Å². The topological polar surface area (TPSA) is 27.7 Å². The Balaban J connectivity index is 2.12. The molecule has 1 fully saturated rings. The number of hydrogen-bond acceptors (Lipinski definition) is 3. The molecule has 1 aliphatic heterocycles. The van der Waals surface area contributed by atoms with Crippen LogP contribution in [-0.4, -0.2) is 13.2 Å². The van der Waals surface area contributed by atoms with Gasteiger partial charge < -0.3 is 13.6 Å². The lowest BCUT2D eigenvalue weighted by Crippen LogP contribution is -2.34. The Hall–Kier alpha value is -0.630. The van der Waals surface area contributed by atoms with Gasteiger partial charge in [-0.15, -0.1) is 0 Å². The maximum Gasteiger partial charge on any atom is 0.397 e. The van der Waals surface area contributed by atoms with Gasteiger partial charge in [0.1, 0.15) is 5.75 Å². The smallest absolute Gasteiger partial charge is 0.397 e. The van der Waals surface area contributed by atoms with Gasteiger partial charge in [-0.05, 0) is 37.7 Å². The van der Waals surface area contributed by atoms with Crippen molar-refractivity contribution < 1.29 is 13.6 Å². The molecule has 0 radical (unpaired) electrons. The number of unbranched alkanes of at least 4 members (excludes halogenated alkanes) is 1. The molecule has 0 unspecified atom stereocenters. The average molecular weight is 366 g/mol. The Labute approximate surface area is 155 Å². The fraction of sp³-hybridized carbons (Fsp3) is 0.714. The van der Waals surface area contributed by atoms with Crippen molar-refractivity contribution in [2.45, 2.75) is 79.6 Å². The first-order valence-corrected chi connectivity index (χ1v) is 10.7. The van der Waals surface area contributed by atoms with E-state index in [0.29, 0.717) is 0 Å². The molecule has 2 rings (SSSR count).